The normalized spacial score (nSPS) is 12.0. The molecule has 0 fully saturated rings. The lowest BCUT2D eigenvalue weighted by Gasteiger charge is -2.27. The largest absolute Gasteiger partial charge is 0.345 e. The molecule has 0 saturated heterocycles. The molecule has 0 N–H and O–H groups in total. The molecule has 2 heterocycles. The second kappa shape index (κ2) is 19.5. The van der Waals surface area contributed by atoms with E-state index in [1.165, 1.54) is 57.4 Å². The van der Waals surface area contributed by atoms with E-state index in [1.54, 1.807) is 6.08 Å². The molecule has 5 heteroatoms. The molecule has 3 nitrogen and oxygen atoms in total. The van der Waals surface area contributed by atoms with Crippen molar-refractivity contribution >= 4 is 97.1 Å². The molecular formula is C57H49N3S2. The van der Waals surface area contributed by atoms with E-state index in [4.69, 9.17) is 0 Å². The van der Waals surface area contributed by atoms with Crippen molar-refractivity contribution in [2.45, 2.75) is 13.8 Å². The van der Waals surface area contributed by atoms with Crippen molar-refractivity contribution in [3.63, 3.8) is 0 Å². The van der Waals surface area contributed by atoms with Gasteiger partial charge in [0.1, 0.15) is 0 Å². The fourth-order valence-electron chi connectivity index (χ4n) is 7.84. The first-order chi connectivity index (χ1) is 30.5. The molecule has 0 aliphatic carbocycles. The summed E-state index contributed by atoms with van der Waals surface area (Å²) in [7, 11) is 2.13. The monoisotopic (exact) mass is 839 g/mol. The number of hydrogen-bond acceptors (Lipinski definition) is 5. The number of thiophene rings is 2. The van der Waals surface area contributed by atoms with E-state index in [1.807, 2.05) is 47.8 Å². The molecule has 0 atom stereocenters. The first kappa shape index (κ1) is 41.5. The Morgan fingerprint density at radius 1 is 0.484 bits per heavy atom. The minimum absolute atomic E-state index is 1.06. The second-order valence-electron chi connectivity index (χ2n) is 14.6. The van der Waals surface area contributed by atoms with Crippen LogP contribution in [0.15, 0.2) is 243 Å². The third kappa shape index (κ3) is 8.55. The summed E-state index contributed by atoms with van der Waals surface area (Å²) in [5, 5.41) is 5.17. The van der Waals surface area contributed by atoms with Crippen LogP contribution in [-0.2, 0) is 0 Å². The molecule has 304 valence electrons. The van der Waals surface area contributed by atoms with Gasteiger partial charge in [-0.2, -0.15) is 0 Å². The molecule has 0 amide bonds. The topological polar surface area (TPSA) is 9.72 Å². The van der Waals surface area contributed by atoms with Gasteiger partial charge in [-0.15, -0.1) is 22.7 Å². The van der Waals surface area contributed by atoms with Crippen molar-refractivity contribution in [2.75, 3.05) is 21.7 Å². The summed E-state index contributed by atoms with van der Waals surface area (Å²) in [5.74, 6) is 0. The van der Waals surface area contributed by atoms with Crippen LogP contribution in [0.5, 0.6) is 0 Å². The zero-order valence-electron chi connectivity index (χ0n) is 35.4. The van der Waals surface area contributed by atoms with Crippen molar-refractivity contribution in [3.05, 3.63) is 243 Å². The molecule has 0 radical (unpaired) electrons. The minimum Gasteiger partial charge on any atom is -0.345 e. The van der Waals surface area contributed by atoms with Crippen LogP contribution in [0.25, 0.3) is 40.3 Å². The SMILES string of the molecule is C=C/C=C\C(=C/C)N(C(/C=C\C)=C/C=C)c1cccc2c1sc1ccccc12.CN(c1ccccc1)c1ccc2sc3c(N(c4ccccc4)c4ccccc4)cccc3c2c1. The van der Waals surface area contributed by atoms with Crippen LogP contribution in [0.3, 0.4) is 0 Å². The van der Waals surface area contributed by atoms with E-state index in [2.05, 4.69) is 236 Å². The van der Waals surface area contributed by atoms with Crippen molar-refractivity contribution in [2.24, 2.45) is 0 Å². The fourth-order valence-corrected chi connectivity index (χ4v) is 10.2. The van der Waals surface area contributed by atoms with E-state index < -0.39 is 0 Å². The average Bonchev–Trinajstić information content (AvgIpc) is 3.90. The van der Waals surface area contributed by atoms with Crippen molar-refractivity contribution < 1.29 is 0 Å². The van der Waals surface area contributed by atoms with E-state index in [-0.39, 0.29) is 0 Å². The van der Waals surface area contributed by atoms with Crippen molar-refractivity contribution in [1.82, 2.24) is 0 Å². The molecule has 2 aromatic heterocycles. The third-order valence-corrected chi connectivity index (χ3v) is 13.1. The van der Waals surface area contributed by atoms with Gasteiger partial charge < -0.3 is 14.7 Å². The maximum atomic E-state index is 3.92. The van der Waals surface area contributed by atoms with Gasteiger partial charge in [-0.3, -0.25) is 0 Å². The standard InChI is InChI=1S/C31H24N2S.C26H25NS/c1-32(23-12-5-2-6-13-23)26-20-21-30-28(22-26)27-18-11-19-29(31(27)34-30)33(24-14-7-3-8-15-24)25-16-9-4-10-17-25;1-5-9-15-20(8-4)27(21(13-6-2)14-7-3)24-18-12-17-23-22-16-10-11-19-25(22)28-26(23)24/h2-22H,1H3;5-19H,1-2H2,3-4H3/b;14-7-,15-9-,20-8+,21-13+. The molecular weight excluding hydrogens is 791 g/mol. The minimum atomic E-state index is 1.06. The van der Waals surface area contributed by atoms with Crippen LogP contribution in [-0.4, -0.2) is 7.05 Å². The van der Waals surface area contributed by atoms with Gasteiger partial charge in [-0.1, -0.05) is 141 Å². The van der Waals surface area contributed by atoms with E-state index >= 15 is 0 Å². The number of fused-ring (bicyclic) bond motifs is 6. The van der Waals surface area contributed by atoms with Crippen LogP contribution in [0.4, 0.5) is 34.1 Å². The maximum absolute atomic E-state index is 3.92. The van der Waals surface area contributed by atoms with Gasteiger partial charge in [0, 0.05) is 72.1 Å². The smallest absolute Gasteiger partial charge is 0.0640 e. The number of benzene rings is 7. The van der Waals surface area contributed by atoms with Crippen LogP contribution < -0.4 is 14.7 Å². The Kier molecular flexibility index (Phi) is 13.0. The first-order valence-electron chi connectivity index (χ1n) is 20.8. The fraction of sp³-hybridized carbons (Fsp3) is 0.0526. The number of rotatable bonds is 12. The highest BCUT2D eigenvalue weighted by atomic mass is 32.1. The highest BCUT2D eigenvalue weighted by molar-refractivity contribution is 7.26. The van der Waals surface area contributed by atoms with Gasteiger partial charge in [0.15, 0.2) is 0 Å². The van der Waals surface area contributed by atoms with Gasteiger partial charge in [0.25, 0.3) is 0 Å². The first-order valence-corrected chi connectivity index (χ1v) is 22.4. The van der Waals surface area contributed by atoms with Gasteiger partial charge in [0.05, 0.1) is 20.8 Å². The van der Waals surface area contributed by atoms with Crippen molar-refractivity contribution in [3.8, 4) is 0 Å². The zero-order chi connectivity index (χ0) is 42.8. The van der Waals surface area contributed by atoms with E-state index in [0.29, 0.717) is 0 Å². The Labute approximate surface area is 373 Å². The molecule has 0 bridgehead atoms. The van der Waals surface area contributed by atoms with E-state index in [0.717, 1.165) is 28.5 Å². The Hall–Kier alpha value is -7.18. The van der Waals surface area contributed by atoms with Crippen LogP contribution >= 0.6 is 22.7 Å². The summed E-state index contributed by atoms with van der Waals surface area (Å²) in [4.78, 5) is 6.88. The molecule has 62 heavy (non-hydrogen) atoms. The van der Waals surface area contributed by atoms with Crippen LogP contribution in [0.1, 0.15) is 13.8 Å². The molecule has 0 saturated carbocycles. The van der Waals surface area contributed by atoms with Gasteiger partial charge in [-0.05, 0) is 105 Å². The quantitative estimate of drug-likeness (QED) is 0.114. The maximum Gasteiger partial charge on any atom is 0.0640 e. The summed E-state index contributed by atoms with van der Waals surface area (Å²) in [5.41, 5.74) is 9.18. The highest BCUT2D eigenvalue weighted by Crippen LogP contribution is 2.46. The molecule has 0 unspecified atom stereocenters. The summed E-state index contributed by atoms with van der Waals surface area (Å²) >= 11 is 3.69. The summed E-state index contributed by atoms with van der Waals surface area (Å²) in [6, 6.07) is 60.3. The molecule has 0 aliphatic rings. The molecule has 0 spiro atoms. The van der Waals surface area contributed by atoms with Crippen LogP contribution in [0, 0.1) is 0 Å². The Morgan fingerprint density at radius 2 is 1.03 bits per heavy atom. The number of anilines is 6. The summed E-state index contributed by atoms with van der Waals surface area (Å²) in [6.45, 7) is 11.8. The number of para-hydroxylation sites is 3. The predicted octanol–water partition coefficient (Wildman–Crippen LogP) is 17.4. The molecule has 7 aromatic carbocycles. The lowest BCUT2D eigenvalue weighted by molar-refractivity contribution is 1.14. The summed E-state index contributed by atoms with van der Waals surface area (Å²) in [6.07, 6.45) is 16.0. The Balaban J connectivity index is 0.000000174. The molecule has 9 aromatic rings. The molecule has 0 aliphatic heterocycles. The number of allylic oxidation sites excluding steroid dienone is 8. The summed E-state index contributed by atoms with van der Waals surface area (Å²) < 4.78 is 5.17. The van der Waals surface area contributed by atoms with Gasteiger partial charge in [0.2, 0.25) is 0 Å². The predicted molar refractivity (Wildman–Crippen MR) is 277 cm³/mol. The highest BCUT2D eigenvalue weighted by Gasteiger charge is 2.20. The lowest BCUT2D eigenvalue weighted by atomic mass is 10.1. The molecule has 9 rings (SSSR count). The average molecular weight is 840 g/mol. The zero-order valence-corrected chi connectivity index (χ0v) is 37.0. The van der Waals surface area contributed by atoms with Crippen LogP contribution in [0.2, 0.25) is 0 Å². The third-order valence-electron chi connectivity index (χ3n) is 10.7. The Morgan fingerprint density at radius 3 is 1.65 bits per heavy atom. The lowest BCUT2D eigenvalue weighted by Crippen LogP contribution is -2.20. The van der Waals surface area contributed by atoms with Crippen molar-refractivity contribution in [1.29, 1.82) is 0 Å². The van der Waals surface area contributed by atoms with E-state index in [9.17, 15) is 0 Å². The van der Waals surface area contributed by atoms with Gasteiger partial charge >= 0.3 is 0 Å². The number of nitrogens with zero attached hydrogens (tertiary/aromatic N) is 3. The Bertz CT molecular complexity index is 3060. The second-order valence-corrected chi connectivity index (χ2v) is 16.7. The van der Waals surface area contributed by atoms with Gasteiger partial charge in [-0.25, -0.2) is 0 Å². The number of hydrogen-bond donors (Lipinski definition) is 0.